The highest BCUT2D eigenvalue weighted by Crippen LogP contribution is 2.44. The number of benzene rings is 2. The number of hydrogen-bond acceptors (Lipinski definition) is 7. The van der Waals surface area contributed by atoms with Crippen molar-refractivity contribution in [3.8, 4) is 17.2 Å². The molecule has 0 amide bonds. The van der Waals surface area contributed by atoms with Crippen LogP contribution in [0.5, 0.6) is 17.2 Å². The molecule has 1 unspecified atom stereocenters. The Morgan fingerprint density at radius 1 is 0.964 bits per heavy atom. The van der Waals surface area contributed by atoms with Gasteiger partial charge in [-0.3, -0.25) is 0 Å². The fraction of sp³-hybridized carbons (Fsp3) is 0.211. The van der Waals surface area contributed by atoms with E-state index in [1.54, 1.807) is 26.0 Å². The lowest BCUT2D eigenvalue weighted by Gasteiger charge is -2.25. The van der Waals surface area contributed by atoms with Crippen LogP contribution in [0.4, 0.5) is 5.95 Å². The number of methoxy groups -OCH3 is 3. The molecule has 0 fully saturated rings. The number of halogens is 1. The van der Waals surface area contributed by atoms with Crippen LogP contribution in [0.2, 0.25) is 0 Å². The number of ether oxygens (including phenoxy) is 3. The Bertz CT molecular complexity index is 1030. The van der Waals surface area contributed by atoms with Gasteiger partial charge in [0.2, 0.25) is 11.7 Å². The third-order valence-electron chi connectivity index (χ3n) is 4.54. The van der Waals surface area contributed by atoms with Crippen molar-refractivity contribution in [2.24, 2.45) is 0 Å². The van der Waals surface area contributed by atoms with E-state index in [1.165, 1.54) is 0 Å². The van der Waals surface area contributed by atoms with E-state index in [0.29, 0.717) is 23.2 Å². The Labute approximate surface area is 170 Å². The fourth-order valence-electron chi connectivity index (χ4n) is 3.23. The van der Waals surface area contributed by atoms with Gasteiger partial charge in [0, 0.05) is 15.7 Å². The average Bonchev–Trinajstić information content (AvgIpc) is 3.21. The van der Waals surface area contributed by atoms with Gasteiger partial charge in [-0.1, -0.05) is 33.2 Å². The van der Waals surface area contributed by atoms with Crippen molar-refractivity contribution < 1.29 is 14.2 Å². The molecular formula is C19H18BrN5O3. The van der Waals surface area contributed by atoms with Gasteiger partial charge in [0.25, 0.3) is 0 Å². The van der Waals surface area contributed by atoms with Crippen LogP contribution in [0.3, 0.4) is 0 Å². The number of nitrogens with zero attached hydrogens (tertiary/aromatic N) is 4. The Kier molecular flexibility index (Phi) is 4.91. The van der Waals surface area contributed by atoms with Crippen LogP contribution in [0.1, 0.15) is 17.2 Å². The van der Waals surface area contributed by atoms with Gasteiger partial charge in [-0.25, -0.2) is 0 Å². The fourth-order valence-corrected chi connectivity index (χ4v) is 3.49. The first-order valence-corrected chi connectivity index (χ1v) is 9.27. The maximum Gasteiger partial charge on any atom is 0.248 e. The molecule has 1 aliphatic rings. The van der Waals surface area contributed by atoms with Crippen molar-refractivity contribution in [3.05, 3.63) is 58.1 Å². The molecule has 2 heterocycles. The second-order valence-corrected chi connectivity index (χ2v) is 6.94. The van der Waals surface area contributed by atoms with Crippen LogP contribution >= 0.6 is 15.9 Å². The molecular weight excluding hydrogens is 426 g/mol. The van der Waals surface area contributed by atoms with Gasteiger partial charge in [0.15, 0.2) is 11.5 Å². The van der Waals surface area contributed by atoms with Crippen molar-refractivity contribution in [3.63, 3.8) is 0 Å². The summed E-state index contributed by atoms with van der Waals surface area (Å²) in [4.78, 5) is 0. The SMILES string of the molecule is COc1ccc(C2C=C(c3ccc(Br)cc3)Nc3nnnn32)c(OC)c1OC. The summed E-state index contributed by atoms with van der Waals surface area (Å²) in [6, 6.07) is 11.5. The minimum absolute atomic E-state index is 0.292. The van der Waals surface area contributed by atoms with E-state index < -0.39 is 0 Å². The highest BCUT2D eigenvalue weighted by molar-refractivity contribution is 9.10. The van der Waals surface area contributed by atoms with Crippen LogP contribution in [0.15, 0.2) is 46.9 Å². The van der Waals surface area contributed by atoms with E-state index in [4.69, 9.17) is 14.2 Å². The van der Waals surface area contributed by atoms with E-state index in [1.807, 2.05) is 36.4 Å². The van der Waals surface area contributed by atoms with Crippen molar-refractivity contribution >= 4 is 27.6 Å². The molecule has 1 aliphatic heterocycles. The van der Waals surface area contributed by atoms with Crippen LogP contribution in [-0.2, 0) is 0 Å². The lowest BCUT2D eigenvalue weighted by Crippen LogP contribution is -2.21. The van der Waals surface area contributed by atoms with Crippen molar-refractivity contribution in [1.29, 1.82) is 0 Å². The first kappa shape index (κ1) is 18.3. The van der Waals surface area contributed by atoms with Crippen molar-refractivity contribution in [2.45, 2.75) is 6.04 Å². The highest BCUT2D eigenvalue weighted by atomic mass is 79.9. The molecule has 0 spiro atoms. The van der Waals surface area contributed by atoms with Gasteiger partial charge in [-0.05, 0) is 46.3 Å². The van der Waals surface area contributed by atoms with E-state index >= 15 is 0 Å². The van der Waals surface area contributed by atoms with Gasteiger partial charge in [-0.15, -0.1) is 0 Å². The molecule has 144 valence electrons. The molecule has 4 rings (SSSR count). The zero-order chi connectivity index (χ0) is 19.7. The number of tetrazole rings is 1. The van der Waals surface area contributed by atoms with Crippen LogP contribution in [-0.4, -0.2) is 41.5 Å². The Balaban J connectivity index is 1.87. The largest absolute Gasteiger partial charge is 0.493 e. The molecule has 1 atom stereocenters. The molecule has 0 saturated carbocycles. The van der Waals surface area contributed by atoms with Crippen molar-refractivity contribution in [1.82, 2.24) is 20.2 Å². The Morgan fingerprint density at radius 2 is 1.71 bits per heavy atom. The maximum absolute atomic E-state index is 5.67. The molecule has 0 radical (unpaired) electrons. The minimum Gasteiger partial charge on any atom is -0.493 e. The predicted octanol–water partition coefficient (Wildman–Crippen LogP) is 3.52. The minimum atomic E-state index is -0.292. The van der Waals surface area contributed by atoms with E-state index in [-0.39, 0.29) is 6.04 Å². The van der Waals surface area contributed by atoms with E-state index in [9.17, 15) is 0 Å². The maximum atomic E-state index is 5.67. The zero-order valence-corrected chi connectivity index (χ0v) is 17.1. The summed E-state index contributed by atoms with van der Waals surface area (Å²) in [5.74, 6) is 2.23. The third kappa shape index (κ3) is 3.07. The van der Waals surface area contributed by atoms with E-state index in [2.05, 4.69) is 42.8 Å². The molecule has 9 heteroatoms. The summed E-state index contributed by atoms with van der Waals surface area (Å²) in [6.45, 7) is 0. The number of rotatable bonds is 5. The second kappa shape index (κ2) is 7.51. The Hall–Kier alpha value is -3.07. The van der Waals surface area contributed by atoms with Crippen molar-refractivity contribution in [2.75, 3.05) is 26.6 Å². The molecule has 1 N–H and O–H groups in total. The first-order valence-electron chi connectivity index (χ1n) is 8.47. The van der Waals surface area contributed by atoms with Crippen LogP contribution in [0, 0.1) is 0 Å². The lowest BCUT2D eigenvalue weighted by molar-refractivity contribution is 0.320. The summed E-state index contributed by atoms with van der Waals surface area (Å²) in [5, 5.41) is 15.3. The molecule has 2 aromatic carbocycles. The zero-order valence-electron chi connectivity index (χ0n) is 15.5. The molecule has 0 bridgehead atoms. The van der Waals surface area contributed by atoms with Gasteiger partial charge in [0.05, 0.1) is 21.3 Å². The summed E-state index contributed by atoms with van der Waals surface area (Å²) in [5.41, 5.74) is 2.77. The summed E-state index contributed by atoms with van der Waals surface area (Å²) in [7, 11) is 4.77. The molecule has 0 saturated heterocycles. The first-order chi connectivity index (χ1) is 13.7. The van der Waals surface area contributed by atoms with Gasteiger partial charge in [-0.2, -0.15) is 4.68 Å². The topological polar surface area (TPSA) is 83.3 Å². The molecule has 1 aromatic heterocycles. The van der Waals surface area contributed by atoms with Gasteiger partial charge >= 0.3 is 0 Å². The average molecular weight is 444 g/mol. The normalized spacial score (nSPS) is 15.3. The third-order valence-corrected chi connectivity index (χ3v) is 5.06. The second-order valence-electron chi connectivity index (χ2n) is 6.03. The molecule has 3 aromatic rings. The molecule has 8 nitrogen and oxygen atoms in total. The molecule has 0 aliphatic carbocycles. The molecule has 28 heavy (non-hydrogen) atoms. The number of hydrogen-bond donors (Lipinski definition) is 1. The number of fused-ring (bicyclic) bond motifs is 1. The lowest BCUT2D eigenvalue weighted by atomic mass is 10.00. The quantitative estimate of drug-likeness (QED) is 0.645. The Morgan fingerprint density at radius 3 is 2.39 bits per heavy atom. The van der Waals surface area contributed by atoms with Crippen LogP contribution < -0.4 is 19.5 Å². The monoisotopic (exact) mass is 443 g/mol. The number of aromatic nitrogens is 4. The summed E-state index contributed by atoms with van der Waals surface area (Å²) in [6.07, 6.45) is 2.05. The van der Waals surface area contributed by atoms with E-state index in [0.717, 1.165) is 21.3 Å². The highest BCUT2D eigenvalue weighted by Gasteiger charge is 2.29. The summed E-state index contributed by atoms with van der Waals surface area (Å²) >= 11 is 3.47. The summed E-state index contributed by atoms with van der Waals surface area (Å²) < 4.78 is 19.3. The van der Waals surface area contributed by atoms with Crippen LogP contribution in [0.25, 0.3) is 5.70 Å². The number of anilines is 1. The number of allylic oxidation sites excluding steroid dienone is 1. The smallest absolute Gasteiger partial charge is 0.248 e. The van der Waals surface area contributed by atoms with Gasteiger partial charge in [0.1, 0.15) is 6.04 Å². The standard InChI is InChI=1S/C19H18BrN5O3/c1-26-16-9-8-13(17(27-2)18(16)28-3)15-10-14(11-4-6-12(20)7-5-11)21-19-22-23-24-25(15)19/h4-10,15H,1-3H3,(H,21,22,24). The number of nitrogens with one attached hydrogen (secondary N) is 1. The van der Waals surface area contributed by atoms with Gasteiger partial charge < -0.3 is 19.5 Å². The predicted molar refractivity (Wildman–Crippen MR) is 108 cm³/mol.